The van der Waals surface area contributed by atoms with E-state index in [1.54, 1.807) is 0 Å². The molecule has 1 aromatic heterocycles. The van der Waals surface area contributed by atoms with Crippen molar-refractivity contribution < 1.29 is 0 Å². The van der Waals surface area contributed by atoms with Gasteiger partial charge in [-0.25, -0.2) is 0 Å². The third kappa shape index (κ3) is 1.44. The Bertz CT molecular complexity index is 291. The van der Waals surface area contributed by atoms with Crippen LogP contribution in [-0.2, 0) is 5.54 Å². The fourth-order valence-electron chi connectivity index (χ4n) is 2.16. The Labute approximate surface area is 77.1 Å². The molecule has 0 bridgehead atoms. The quantitative estimate of drug-likeness (QED) is 0.663. The van der Waals surface area contributed by atoms with Gasteiger partial charge in [0.2, 0.25) is 0 Å². The first-order valence-corrected chi connectivity index (χ1v) is 4.55. The fraction of sp³-hybridized carbons (Fsp3) is 0.875. The second kappa shape index (κ2) is 2.51. The Morgan fingerprint density at radius 2 is 2.15 bits per heavy atom. The number of aromatic nitrogens is 4. The summed E-state index contributed by atoms with van der Waals surface area (Å²) in [5, 5.41) is 13.9. The van der Waals surface area contributed by atoms with E-state index in [1.165, 1.54) is 0 Å². The van der Waals surface area contributed by atoms with E-state index < -0.39 is 0 Å². The molecule has 1 atom stereocenters. The van der Waals surface area contributed by atoms with Gasteiger partial charge in [-0.2, -0.15) is 5.21 Å². The minimum Gasteiger partial charge on any atom is -0.319 e. The van der Waals surface area contributed by atoms with Gasteiger partial charge in [0, 0.05) is 0 Å². The Morgan fingerprint density at radius 1 is 1.38 bits per heavy atom. The highest BCUT2D eigenvalue weighted by molar-refractivity contribution is 5.07. The second-order valence-electron chi connectivity index (χ2n) is 4.73. The lowest BCUT2D eigenvalue weighted by molar-refractivity contribution is 0.331. The number of nitrogens with one attached hydrogen (secondary N) is 1. The molecule has 1 unspecified atom stereocenters. The molecule has 0 aromatic carbocycles. The predicted octanol–water partition coefficient (Wildman–Crippen LogP) is 0.564. The molecule has 1 aliphatic rings. The Morgan fingerprint density at radius 3 is 2.62 bits per heavy atom. The van der Waals surface area contributed by atoms with E-state index in [0.29, 0.717) is 11.2 Å². The number of nitrogens with two attached hydrogens (primary N) is 1. The summed E-state index contributed by atoms with van der Waals surface area (Å²) in [6, 6.07) is 0. The van der Waals surface area contributed by atoms with Crippen molar-refractivity contribution in [2.75, 3.05) is 0 Å². The highest BCUT2D eigenvalue weighted by Gasteiger charge is 2.44. The summed E-state index contributed by atoms with van der Waals surface area (Å²) in [5.74, 6) is 0.651. The Hall–Kier alpha value is -0.970. The van der Waals surface area contributed by atoms with Gasteiger partial charge in [-0.05, 0) is 24.7 Å². The first kappa shape index (κ1) is 8.62. The Kier molecular flexibility index (Phi) is 1.66. The summed E-state index contributed by atoms with van der Waals surface area (Å²) in [5.41, 5.74) is 6.15. The topological polar surface area (TPSA) is 80.5 Å². The molecular weight excluding hydrogens is 166 g/mol. The molecule has 3 N–H and O–H groups in total. The molecule has 1 aromatic rings. The summed E-state index contributed by atoms with van der Waals surface area (Å²) in [6.45, 7) is 4.45. The second-order valence-corrected chi connectivity index (χ2v) is 4.73. The van der Waals surface area contributed by atoms with Gasteiger partial charge in [0.25, 0.3) is 0 Å². The van der Waals surface area contributed by atoms with Gasteiger partial charge < -0.3 is 5.73 Å². The number of rotatable bonds is 1. The third-order valence-electron chi connectivity index (χ3n) is 2.83. The lowest BCUT2D eigenvalue weighted by Gasteiger charge is -2.22. The zero-order chi connectivity index (χ0) is 9.53. The zero-order valence-corrected chi connectivity index (χ0v) is 8.04. The maximum absolute atomic E-state index is 6.22. The molecule has 1 saturated carbocycles. The van der Waals surface area contributed by atoms with Crippen LogP contribution in [0, 0.1) is 5.41 Å². The number of hydrogen-bond donors (Lipinski definition) is 2. The van der Waals surface area contributed by atoms with Gasteiger partial charge in [-0.15, -0.1) is 10.2 Å². The van der Waals surface area contributed by atoms with Crippen LogP contribution in [0.3, 0.4) is 0 Å². The summed E-state index contributed by atoms with van der Waals surface area (Å²) in [6.07, 6.45) is 3.00. The lowest BCUT2D eigenvalue weighted by atomic mass is 9.88. The standard InChI is InChI=1S/C8H15N5/c1-7(2)3-4-8(9,5-7)6-10-12-13-11-6/h3-5,9H2,1-2H3,(H,10,11,12,13). The molecule has 0 spiro atoms. The van der Waals surface area contributed by atoms with E-state index in [1.807, 2.05) is 0 Å². The number of aromatic amines is 1. The number of nitrogens with zero attached hydrogens (tertiary/aromatic N) is 3. The smallest absolute Gasteiger partial charge is 0.194 e. The van der Waals surface area contributed by atoms with Gasteiger partial charge in [-0.1, -0.05) is 19.1 Å². The maximum Gasteiger partial charge on any atom is 0.194 e. The van der Waals surface area contributed by atoms with E-state index in [-0.39, 0.29) is 5.54 Å². The van der Waals surface area contributed by atoms with Gasteiger partial charge in [-0.3, -0.25) is 0 Å². The first-order chi connectivity index (χ1) is 6.02. The molecular formula is C8H15N5. The Balaban J connectivity index is 2.25. The van der Waals surface area contributed by atoms with E-state index in [0.717, 1.165) is 19.3 Å². The predicted molar refractivity (Wildman–Crippen MR) is 47.7 cm³/mol. The molecule has 2 rings (SSSR count). The van der Waals surface area contributed by atoms with Crippen LogP contribution in [0.5, 0.6) is 0 Å². The highest BCUT2D eigenvalue weighted by Crippen LogP contribution is 2.45. The lowest BCUT2D eigenvalue weighted by Crippen LogP contribution is -2.35. The van der Waals surface area contributed by atoms with Gasteiger partial charge in [0.05, 0.1) is 5.54 Å². The molecule has 5 nitrogen and oxygen atoms in total. The zero-order valence-electron chi connectivity index (χ0n) is 8.04. The van der Waals surface area contributed by atoms with E-state index in [2.05, 4.69) is 34.5 Å². The van der Waals surface area contributed by atoms with E-state index in [9.17, 15) is 0 Å². The molecule has 0 amide bonds. The van der Waals surface area contributed by atoms with Crippen molar-refractivity contribution in [3.8, 4) is 0 Å². The van der Waals surface area contributed by atoms with E-state index >= 15 is 0 Å². The number of H-pyrrole nitrogens is 1. The van der Waals surface area contributed by atoms with Crippen molar-refractivity contribution >= 4 is 0 Å². The van der Waals surface area contributed by atoms with Crippen LogP contribution >= 0.6 is 0 Å². The van der Waals surface area contributed by atoms with Crippen LogP contribution in [-0.4, -0.2) is 20.6 Å². The van der Waals surface area contributed by atoms with E-state index in [4.69, 9.17) is 5.73 Å². The third-order valence-corrected chi connectivity index (χ3v) is 2.83. The van der Waals surface area contributed by atoms with Gasteiger partial charge in [0.15, 0.2) is 5.82 Å². The fourth-order valence-corrected chi connectivity index (χ4v) is 2.16. The molecule has 1 aliphatic carbocycles. The van der Waals surface area contributed by atoms with Crippen molar-refractivity contribution in [3.63, 3.8) is 0 Å². The average molecular weight is 181 g/mol. The highest BCUT2D eigenvalue weighted by atomic mass is 15.5. The van der Waals surface area contributed by atoms with Crippen molar-refractivity contribution in [2.45, 2.75) is 38.6 Å². The molecule has 0 saturated heterocycles. The molecule has 0 aliphatic heterocycles. The van der Waals surface area contributed by atoms with Gasteiger partial charge in [0.1, 0.15) is 0 Å². The van der Waals surface area contributed by atoms with Crippen LogP contribution < -0.4 is 5.73 Å². The number of tetrazole rings is 1. The van der Waals surface area contributed by atoms with Crippen molar-refractivity contribution in [3.05, 3.63) is 5.82 Å². The summed E-state index contributed by atoms with van der Waals surface area (Å²) in [4.78, 5) is 0. The monoisotopic (exact) mass is 181 g/mol. The van der Waals surface area contributed by atoms with Gasteiger partial charge >= 0.3 is 0 Å². The maximum atomic E-state index is 6.22. The minimum absolute atomic E-state index is 0.301. The number of hydrogen-bond acceptors (Lipinski definition) is 4. The molecule has 0 radical (unpaired) electrons. The van der Waals surface area contributed by atoms with Crippen LogP contribution in [0.4, 0.5) is 0 Å². The van der Waals surface area contributed by atoms with Crippen LogP contribution in [0.25, 0.3) is 0 Å². The average Bonchev–Trinajstić information content (AvgIpc) is 2.58. The van der Waals surface area contributed by atoms with Crippen molar-refractivity contribution in [1.29, 1.82) is 0 Å². The molecule has 13 heavy (non-hydrogen) atoms. The molecule has 5 heteroatoms. The summed E-state index contributed by atoms with van der Waals surface area (Å²) >= 11 is 0. The van der Waals surface area contributed by atoms with Crippen LogP contribution in [0.2, 0.25) is 0 Å². The van der Waals surface area contributed by atoms with Crippen LogP contribution in [0.1, 0.15) is 38.9 Å². The van der Waals surface area contributed by atoms with Crippen molar-refractivity contribution in [1.82, 2.24) is 20.6 Å². The summed E-state index contributed by atoms with van der Waals surface area (Å²) < 4.78 is 0. The summed E-state index contributed by atoms with van der Waals surface area (Å²) in [7, 11) is 0. The normalized spacial score (nSPS) is 32.2. The largest absolute Gasteiger partial charge is 0.319 e. The molecule has 72 valence electrons. The minimum atomic E-state index is -0.365. The van der Waals surface area contributed by atoms with Crippen molar-refractivity contribution in [2.24, 2.45) is 11.1 Å². The SMILES string of the molecule is CC1(C)CCC(N)(c2nn[nH]n2)C1. The van der Waals surface area contributed by atoms with Crippen LogP contribution in [0.15, 0.2) is 0 Å². The molecule has 1 heterocycles. The first-order valence-electron chi connectivity index (χ1n) is 4.55. The molecule has 1 fully saturated rings.